The van der Waals surface area contributed by atoms with Gasteiger partial charge in [0.25, 0.3) is 5.65 Å². The van der Waals surface area contributed by atoms with E-state index in [0.29, 0.717) is 0 Å². The smallest absolute Gasteiger partial charge is 0.240 e. The van der Waals surface area contributed by atoms with Crippen molar-refractivity contribution >= 4 is 17.4 Å². The first-order chi connectivity index (χ1) is 8.53. The zero-order valence-electron chi connectivity index (χ0n) is 11.4. The van der Waals surface area contributed by atoms with E-state index in [1.165, 1.54) is 47.6 Å². The third-order valence-electron chi connectivity index (χ3n) is 3.35. The zero-order chi connectivity index (χ0) is 12.8. The van der Waals surface area contributed by atoms with Gasteiger partial charge in [-0.2, -0.15) is 4.40 Å². The molecule has 2 aromatic rings. The molecule has 1 aliphatic rings. The number of imidazole rings is 1. The second-order valence-electron chi connectivity index (χ2n) is 6.09. The lowest BCUT2D eigenvalue weighted by atomic mass is 10.0. The van der Waals surface area contributed by atoms with Crippen LogP contribution in [0.1, 0.15) is 45.0 Å². The molecule has 0 aromatic carbocycles. The van der Waals surface area contributed by atoms with Crippen molar-refractivity contribution in [2.24, 2.45) is 0 Å². The maximum atomic E-state index is 3.56. The Morgan fingerprint density at radius 3 is 2.72 bits per heavy atom. The minimum absolute atomic E-state index is 0.268. The van der Waals surface area contributed by atoms with Crippen molar-refractivity contribution in [2.75, 3.05) is 0 Å². The highest BCUT2D eigenvalue weighted by Crippen LogP contribution is 2.31. The topological polar surface area (TPSA) is 19.9 Å². The number of hydrogen-bond acceptors (Lipinski definition) is 1. The number of H-pyrrole nitrogens is 1. The quantitative estimate of drug-likeness (QED) is 0.615. The molecule has 0 unspecified atom stereocenters. The third-order valence-corrected chi connectivity index (χ3v) is 4.44. The van der Waals surface area contributed by atoms with E-state index in [1.54, 1.807) is 0 Å². The number of aromatic nitrogens is 2. The Balaban J connectivity index is 2.05. The Morgan fingerprint density at radius 2 is 1.94 bits per heavy atom. The number of nitrogens with one attached hydrogen (secondary N) is 1. The highest BCUT2D eigenvalue weighted by molar-refractivity contribution is 8.00. The van der Waals surface area contributed by atoms with Gasteiger partial charge in [-0.25, -0.2) is 4.98 Å². The molecule has 2 aromatic heterocycles. The molecule has 1 aliphatic carbocycles. The van der Waals surface area contributed by atoms with E-state index < -0.39 is 0 Å². The molecule has 0 amide bonds. The van der Waals surface area contributed by atoms with Crippen LogP contribution in [-0.2, 0) is 12.8 Å². The standard InChI is InChI=1S/C15H20N2S/c1-15(2,3)18-11-8-9-14-16-12-6-4-5-7-13(12)17(14)10-11/h8-10H,4-7H2,1-3H3/p+1. The van der Waals surface area contributed by atoms with Gasteiger partial charge in [0.15, 0.2) is 5.69 Å². The second kappa shape index (κ2) is 4.30. The summed E-state index contributed by atoms with van der Waals surface area (Å²) in [5.74, 6) is 0. The number of nitrogens with zero attached hydrogens (tertiary/aromatic N) is 1. The van der Waals surface area contributed by atoms with E-state index in [-0.39, 0.29) is 4.75 Å². The molecule has 0 fully saturated rings. The lowest BCUT2D eigenvalue weighted by Gasteiger charge is -2.16. The number of aryl methyl sites for hydroxylation is 2. The van der Waals surface area contributed by atoms with Crippen molar-refractivity contribution in [1.82, 2.24) is 4.98 Å². The SMILES string of the molecule is CC(C)(C)Sc1ccc2[nH]c3c([n+]2c1)CCCC3. The molecular formula is C15H21N2S+. The molecule has 0 aliphatic heterocycles. The van der Waals surface area contributed by atoms with Gasteiger partial charge >= 0.3 is 0 Å². The van der Waals surface area contributed by atoms with Crippen LogP contribution in [0.4, 0.5) is 0 Å². The summed E-state index contributed by atoms with van der Waals surface area (Å²) < 4.78 is 2.63. The molecule has 3 heteroatoms. The van der Waals surface area contributed by atoms with Gasteiger partial charge in [0.05, 0.1) is 0 Å². The Bertz CT molecular complexity index is 578. The van der Waals surface area contributed by atoms with E-state index in [2.05, 4.69) is 48.5 Å². The Labute approximate surface area is 113 Å². The Morgan fingerprint density at radius 1 is 1.17 bits per heavy atom. The average molecular weight is 261 g/mol. The monoisotopic (exact) mass is 261 g/mol. The molecule has 0 saturated carbocycles. The van der Waals surface area contributed by atoms with Crippen LogP contribution in [0, 0.1) is 0 Å². The predicted octanol–water partition coefficient (Wildman–Crippen LogP) is 3.52. The van der Waals surface area contributed by atoms with Crippen LogP contribution in [0.2, 0.25) is 0 Å². The third kappa shape index (κ3) is 2.28. The average Bonchev–Trinajstić information content (AvgIpc) is 2.65. The van der Waals surface area contributed by atoms with Gasteiger partial charge in [-0.05, 0) is 18.9 Å². The van der Waals surface area contributed by atoms with Gasteiger partial charge in [-0.3, -0.25) is 0 Å². The molecule has 0 spiro atoms. The van der Waals surface area contributed by atoms with Crippen LogP contribution in [0.3, 0.4) is 0 Å². The van der Waals surface area contributed by atoms with Gasteiger partial charge in [0, 0.05) is 28.6 Å². The molecule has 3 rings (SSSR count). The number of rotatable bonds is 1. The maximum Gasteiger partial charge on any atom is 0.284 e. The first kappa shape index (κ1) is 12.1. The van der Waals surface area contributed by atoms with E-state index in [0.717, 1.165) is 0 Å². The molecule has 96 valence electrons. The predicted molar refractivity (Wildman–Crippen MR) is 76.2 cm³/mol. The highest BCUT2D eigenvalue weighted by Gasteiger charge is 2.23. The summed E-state index contributed by atoms with van der Waals surface area (Å²) in [5, 5.41) is 0. The van der Waals surface area contributed by atoms with Gasteiger partial charge in [0.1, 0.15) is 11.9 Å². The van der Waals surface area contributed by atoms with Crippen LogP contribution in [0.15, 0.2) is 23.2 Å². The van der Waals surface area contributed by atoms with Crippen molar-refractivity contribution in [2.45, 2.75) is 56.1 Å². The van der Waals surface area contributed by atoms with Crippen LogP contribution >= 0.6 is 11.8 Å². The molecule has 18 heavy (non-hydrogen) atoms. The number of pyridine rings is 1. The Kier molecular flexibility index (Phi) is 2.89. The van der Waals surface area contributed by atoms with Gasteiger partial charge < -0.3 is 0 Å². The summed E-state index contributed by atoms with van der Waals surface area (Å²) in [5.41, 5.74) is 4.17. The van der Waals surface area contributed by atoms with Crippen LogP contribution in [0.25, 0.3) is 5.65 Å². The summed E-state index contributed by atoms with van der Waals surface area (Å²) in [6.07, 6.45) is 7.36. The minimum atomic E-state index is 0.268. The summed E-state index contributed by atoms with van der Waals surface area (Å²) >= 11 is 1.93. The molecule has 0 radical (unpaired) electrons. The van der Waals surface area contributed by atoms with Crippen molar-refractivity contribution in [3.8, 4) is 0 Å². The minimum Gasteiger partial charge on any atom is -0.240 e. The number of fused-ring (bicyclic) bond motifs is 3. The van der Waals surface area contributed by atoms with Crippen LogP contribution in [-0.4, -0.2) is 9.73 Å². The van der Waals surface area contributed by atoms with Crippen LogP contribution < -0.4 is 4.40 Å². The zero-order valence-corrected chi connectivity index (χ0v) is 12.2. The molecule has 0 atom stereocenters. The summed E-state index contributed by atoms with van der Waals surface area (Å²) in [4.78, 5) is 4.91. The first-order valence-corrected chi connectivity index (χ1v) is 7.59. The van der Waals surface area contributed by atoms with Crippen LogP contribution in [0.5, 0.6) is 0 Å². The molecule has 1 N–H and O–H groups in total. The second-order valence-corrected chi connectivity index (χ2v) is 7.99. The normalized spacial score (nSPS) is 15.9. The van der Waals surface area contributed by atoms with E-state index >= 15 is 0 Å². The summed E-state index contributed by atoms with van der Waals surface area (Å²) in [7, 11) is 0. The molecule has 0 saturated heterocycles. The van der Waals surface area contributed by atoms with Crippen molar-refractivity contribution in [1.29, 1.82) is 0 Å². The van der Waals surface area contributed by atoms with Crippen molar-refractivity contribution in [3.63, 3.8) is 0 Å². The largest absolute Gasteiger partial charge is 0.284 e. The summed E-state index contributed by atoms with van der Waals surface area (Å²) in [6, 6.07) is 4.44. The van der Waals surface area contributed by atoms with Gasteiger partial charge in [0.2, 0.25) is 0 Å². The molecular weight excluding hydrogens is 240 g/mol. The highest BCUT2D eigenvalue weighted by atomic mass is 32.2. The summed E-state index contributed by atoms with van der Waals surface area (Å²) in [6.45, 7) is 6.79. The maximum absolute atomic E-state index is 3.56. The first-order valence-electron chi connectivity index (χ1n) is 6.77. The molecule has 2 heterocycles. The lowest BCUT2D eigenvalue weighted by Crippen LogP contribution is -2.26. The Hall–Kier alpha value is -0.960. The number of hydrogen-bond donors (Lipinski definition) is 1. The number of thioether (sulfide) groups is 1. The van der Waals surface area contributed by atoms with Crippen molar-refractivity contribution in [3.05, 3.63) is 29.7 Å². The van der Waals surface area contributed by atoms with Gasteiger partial charge in [-0.15, -0.1) is 11.8 Å². The van der Waals surface area contributed by atoms with Crippen molar-refractivity contribution < 1.29 is 4.40 Å². The lowest BCUT2D eigenvalue weighted by molar-refractivity contribution is -0.522. The van der Waals surface area contributed by atoms with E-state index in [1.807, 2.05) is 11.8 Å². The van der Waals surface area contributed by atoms with E-state index in [4.69, 9.17) is 0 Å². The molecule has 0 bridgehead atoms. The van der Waals surface area contributed by atoms with Gasteiger partial charge in [-0.1, -0.05) is 20.8 Å². The molecule has 2 nitrogen and oxygen atoms in total. The fourth-order valence-corrected chi connectivity index (χ4v) is 3.67. The fraction of sp³-hybridized carbons (Fsp3) is 0.533. The number of aromatic amines is 1. The fourth-order valence-electron chi connectivity index (χ4n) is 2.66. The van der Waals surface area contributed by atoms with E-state index in [9.17, 15) is 0 Å².